The maximum absolute atomic E-state index is 12.1. The Kier molecular flexibility index (Phi) is 5.56. The zero-order valence-electron chi connectivity index (χ0n) is 12.4. The van der Waals surface area contributed by atoms with Gasteiger partial charge in [0.15, 0.2) is 6.61 Å². The van der Waals surface area contributed by atoms with E-state index in [2.05, 4.69) is 6.92 Å². The van der Waals surface area contributed by atoms with Crippen LogP contribution in [0.5, 0.6) is 5.75 Å². The summed E-state index contributed by atoms with van der Waals surface area (Å²) in [5.41, 5.74) is 6.33. The van der Waals surface area contributed by atoms with Gasteiger partial charge in [-0.1, -0.05) is 25.6 Å². The van der Waals surface area contributed by atoms with Gasteiger partial charge < -0.3 is 15.4 Å². The second kappa shape index (κ2) is 7.41. The molecule has 21 heavy (non-hydrogen) atoms. The first-order valence-electron chi connectivity index (χ1n) is 7.40. The summed E-state index contributed by atoms with van der Waals surface area (Å²) in [6, 6.07) is 7.17. The molecule has 114 valence electrons. The molecule has 1 aromatic carbocycles. The van der Waals surface area contributed by atoms with Crippen LogP contribution in [0, 0.1) is 5.92 Å². The molecule has 1 aliphatic heterocycles. The summed E-state index contributed by atoms with van der Waals surface area (Å²) >= 11 is 4.89. The minimum Gasteiger partial charge on any atom is -0.484 e. The lowest BCUT2D eigenvalue weighted by Crippen LogP contribution is -2.40. The zero-order chi connectivity index (χ0) is 15.2. The highest BCUT2D eigenvalue weighted by molar-refractivity contribution is 7.80. The topological polar surface area (TPSA) is 55.6 Å². The fourth-order valence-electron chi connectivity index (χ4n) is 2.54. The molecule has 0 atom stereocenters. The Morgan fingerprint density at radius 2 is 1.95 bits per heavy atom. The van der Waals surface area contributed by atoms with Gasteiger partial charge in [-0.25, -0.2) is 0 Å². The first kappa shape index (κ1) is 15.8. The van der Waals surface area contributed by atoms with Gasteiger partial charge in [-0.2, -0.15) is 0 Å². The van der Waals surface area contributed by atoms with Crippen molar-refractivity contribution in [2.75, 3.05) is 19.7 Å². The molecule has 2 N–H and O–H groups in total. The SMILES string of the molecule is CCC1CCN(C(=O)COc2ccc(C(N)=S)cc2)CC1. The first-order chi connectivity index (χ1) is 10.1. The van der Waals surface area contributed by atoms with E-state index in [4.69, 9.17) is 22.7 Å². The van der Waals surface area contributed by atoms with Crippen LogP contribution in [0.15, 0.2) is 24.3 Å². The molecule has 0 aliphatic carbocycles. The monoisotopic (exact) mass is 306 g/mol. The van der Waals surface area contributed by atoms with Gasteiger partial charge in [-0.3, -0.25) is 4.79 Å². The van der Waals surface area contributed by atoms with Crippen LogP contribution in [-0.4, -0.2) is 35.5 Å². The van der Waals surface area contributed by atoms with E-state index in [1.54, 1.807) is 24.3 Å². The largest absolute Gasteiger partial charge is 0.484 e. The van der Waals surface area contributed by atoms with E-state index < -0.39 is 0 Å². The highest BCUT2D eigenvalue weighted by atomic mass is 32.1. The predicted molar refractivity (Wildman–Crippen MR) is 87.4 cm³/mol. The summed E-state index contributed by atoms with van der Waals surface area (Å²) in [4.78, 5) is 14.4. The quantitative estimate of drug-likeness (QED) is 0.849. The number of carbonyl (C=O) groups excluding carboxylic acids is 1. The Labute approximate surface area is 131 Å². The van der Waals surface area contributed by atoms with Crippen molar-refractivity contribution in [1.82, 2.24) is 4.90 Å². The Balaban J connectivity index is 1.80. The maximum Gasteiger partial charge on any atom is 0.260 e. The Morgan fingerprint density at radius 3 is 2.48 bits per heavy atom. The highest BCUT2D eigenvalue weighted by Crippen LogP contribution is 2.20. The number of nitrogens with two attached hydrogens (primary N) is 1. The van der Waals surface area contributed by atoms with Crippen LogP contribution in [0.4, 0.5) is 0 Å². The molecule has 1 amide bonds. The zero-order valence-corrected chi connectivity index (χ0v) is 13.2. The number of ether oxygens (including phenoxy) is 1. The number of carbonyl (C=O) groups is 1. The Hall–Kier alpha value is -1.62. The summed E-state index contributed by atoms with van der Waals surface area (Å²) in [7, 11) is 0. The number of likely N-dealkylation sites (tertiary alicyclic amines) is 1. The molecule has 2 rings (SSSR count). The van der Waals surface area contributed by atoms with E-state index in [-0.39, 0.29) is 12.5 Å². The average molecular weight is 306 g/mol. The van der Waals surface area contributed by atoms with Gasteiger partial charge in [0.1, 0.15) is 10.7 Å². The van der Waals surface area contributed by atoms with Crippen LogP contribution in [0.1, 0.15) is 31.7 Å². The van der Waals surface area contributed by atoms with Gasteiger partial charge >= 0.3 is 0 Å². The van der Waals surface area contributed by atoms with E-state index in [1.807, 2.05) is 4.90 Å². The second-order valence-electron chi connectivity index (χ2n) is 5.41. The molecule has 1 saturated heterocycles. The van der Waals surface area contributed by atoms with Gasteiger partial charge in [0.05, 0.1) is 0 Å². The second-order valence-corrected chi connectivity index (χ2v) is 5.85. The lowest BCUT2D eigenvalue weighted by atomic mass is 9.94. The number of hydrogen-bond donors (Lipinski definition) is 1. The van der Waals surface area contributed by atoms with Gasteiger partial charge in [-0.05, 0) is 43.0 Å². The molecule has 0 saturated carbocycles. The molecular weight excluding hydrogens is 284 g/mol. The summed E-state index contributed by atoms with van der Waals surface area (Å²) in [5.74, 6) is 1.48. The van der Waals surface area contributed by atoms with E-state index in [1.165, 1.54) is 6.42 Å². The standard InChI is InChI=1S/C16H22N2O2S/c1-2-12-7-9-18(10-8-12)15(19)11-20-14-5-3-13(4-6-14)16(17)21/h3-6,12H,2,7-11H2,1H3,(H2,17,21). The van der Waals surface area contributed by atoms with Crippen LogP contribution in [-0.2, 0) is 4.79 Å². The van der Waals surface area contributed by atoms with Crippen LogP contribution >= 0.6 is 12.2 Å². The Bertz CT molecular complexity index is 494. The molecule has 5 heteroatoms. The number of thiocarbonyl (C=S) groups is 1. The molecular formula is C16H22N2O2S. The van der Waals surface area contributed by atoms with Crippen molar-refractivity contribution < 1.29 is 9.53 Å². The van der Waals surface area contributed by atoms with Gasteiger partial charge in [0.2, 0.25) is 0 Å². The van der Waals surface area contributed by atoms with Crippen molar-refractivity contribution in [3.8, 4) is 5.75 Å². The van der Waals surface area contributed by atoms with Crippen molar-refractivity contribution in [1.29, 1.82) is 0 Å². The van der Waals surface area contributed by atoms with Crippen molar-refractivity contribution in [3.63, 3.8) is 0 Å². The molecule has 1 aromatic rings. The molecule has 0 spiro atoms. The molecule has 1 heterocycles. The molecule has 1 fully saturated rings. The van der Waals surface area contributed by atoms with Crippen molar-refractivity contribution >= 4 is 23.1 Å². The Morgan fingerprint density at radius 1 is 1.33 bits per heavy atom. The van der Waals surface area contributed by atoms with Crippen LogP contribution in [0.2, 0.25) is 0 Å². The van der Waals surface area contributed by atoms with Crippen LogP contribution in [0.3, 0.4) is 0 Å². The molecule has 4 nitrogen and oxygen atoms in total. The van der Waals surface area contributed by atoms with Gasteiger partial charge in [0, 0.05) is 18.7 Å². The van der Waals surface area contributed by atoms with Crippen LogP contribution in [0.25, 0.3) is 0 Å². The number of amides is 1. The minimum atomic E-state index is 0.0583. The third-order valence-electron chi connectivity index (χ3n) is 4.05. The number of nitrogens with zero attached hydrogens (tertiary/aromatic N) is 1. The van der Waals surface area contributed by atoms with Crippen molar-refractivity contribution in [2.45, 2.75) is 26.2 Å². The third kappa shape index (κ3) is 4.43. The predicted octanol–water partition coefficient (Wildman–Crippen LogP) is 2.35. The molecule has 1 aliphatic rings. The normalized spacial score (nSPS) is 15.8. The van der Waals surface area contributed by atoms with Gasteiger partial charge in [-0.15, -0.1) is 0 Å². The lowest BCUT2D eigenvalue weighted by molar-refractivity contribution is -0.134. The molecule has 0 aromatic heterocycles. The lowest BCUT2D eigenvalue weighted by Gasteiger charge is -2.31. The first-order valence-corrected chi connectivity index (χ1v) is 7.81. The maximum atomic E-state index is 12.1. The summed E-state index contributed by atoms with van der Waals surface area (Å²) in [5, 5.41) is 0. The number of benzene rings is 1. The van der Waals surface area contributed by atoms with E-state index >= 15 is 0 Å². The summed E-state index contributed by atoms with van der Waals surface area (Å²) in [6.07, 6.45) is 3.41. The molecule has 0 radical (unpaired) electrons. The molecule has 0 unspecified atom stereocenters. The fraction of sp³-hybridized carbons (Fsp3) is 0.500. The minimum absolute atomic E-state index is 0.0583. The summed E-state index contributed by atoms with van der Waals surface area (Å²) in [6.45, 7) is 3.99. The number of rotatable bonds is 5. The number of piperidine rings is 1. The van der Waals surface area contributed by atoms with Gasteiger partial charge in [0.25, 0.3) is 5.91 Å². The average Bonchev–Trinajstić information content (AvgIpc) is 2.53. The number of hydrogen-bond acceptors (Lipinski definition) is 3. The van der Waals surface area contributed by atoms with Crippen LogP contribution < -0.4 is 10.5 Å². The van der Waals surface area contributed by atoms with Crippen molar-refractivity contribution in [2.24, 2.45) is 11.7 Å². The van der Waals surface area contributed by atoms with E-state index in [0.29, 0.717) is 10.7 Å². The fourth-order valence-corrected chi connectivity index (χ4v) is 2.68. The highest BCUT2D eigenvalue weighted by Gasteiger charge is 2.21. The van der Waals surface area contributed by atoms with E-state index in [9.17, 15) is 4.79 Å². The smallest absolute Gasteiger partial charge is 0.260 e. The molecule has 0 bridgehead atoms. The van der Waals surface area contributed by atoms with Crippen molar-refractivity contribution in [3.05, 3.63) is 29.8 Å². The third-order valence-corrected chi connectivity index (χ3v) is 4.28. The van der Waals surface area contributed by atoms with E-state index in [0.717, 1.165) is 37.4 Å². The summed E-state index contributed by atoms with van der Waals surface area (Å²) < 4.78 is 5.53.